The van der Waals surface area contributed by atoms with Crippen LogP contribution in [-0.2, 0) is 4.79 Å². The molecule has 0 unspecified atom stereocenters. The van der Waals surface area contributed by atoms with Crippen LogP contribution in [0.1, 0.15) is 32.3 Å². The summed E-state index contributed by atoms with van der Waals surface area (Å²) in [6, 6.07) is 7.59. The number of hydrogen-bond acceptors (Lipinski definition) is 3. The first kappa shape index (κ1) is 17.0. The summed E-state index contributed by atoms with van der Waals surface area (Å²) < 4.78 is 5.44. The van der Waals surface area contributed by atoms with Crippen LogP contribution < -0.4 is 10.2 Å². The molecule has 1 N–H and O–H groups in total. The standard InChI is InChI=1S/C19H24N2O2/c1-13(2)16-8-7-15(4)18(11-16)20-21-19(22)12-23-17-9-5-14(3)6-10-17/h5-7,9-10,16H,1,8,11-12H2,2-4H3,(H,21,22)/b20-18+/t16-/m0/s1. The minimum absolute atomic E-state index is 0.0491. The molecule has 0 spiro atoms. The van der Waals surface area contributed by atoms with Gasteiger partial charge in [0.25, 0.3) is 5.91 Å². The molecule has 1 aromatic rings. The van der Waals surface area contributed by atoms with Crippen LogP contribution >= 0.6 is 0 Å². The second-order valence-corrected chi connectivity index (χ2v) is 6.07. The van der Waals surface area contributed by atoms with Gasteiger partial charge in [0.15, 0.2) is 6.61 Å². The highest BCUT2D eigenvalue weighted by atomic mass is 16.5. The maximum Gasteiger partial charge on any atom is 0.277 e. The molecule has 2 rings (SSSR count). The Morgan fingerprint density at radius 1 is 1.35 bits per heavy atom. The summed E-state index contributed by atoms with van der Waals surface area (Å²) in [5.74, 6) is 0.816. The van der Waals surface area contributed by atoms with Crippen molar-refractivity contribution in [2.24, 2.45) is 11.0 Å². The van der Waals surface area contributed by atoms with E-state index in [0.29, 0.717) is 11.7 Å². The summed E-state index contributed by atoms with van der Waals surface area (Å²) in [6.07, 6.45) is 3.96. The number of carbonyl (C=O) groups excluding carboxylic acids is 1. The SMILES string of the molecule is C=C(C)[C@H]1CC=C(C)/C(=N/NC(=O)COc2ccc(C)cc2)C1. The van der Waals surface area contributed by atoms with Gasteiger partial charge in [0.05, 0.1) is 5.71 Å². The number of hydrogen-bond donors (Lipinski definition) is 1. The van der Waals surface area contributed by atoms with Gasteiger partial charge in [-0.3, -0.25) is 4.79 Å². The highest BCUT2D eigenvalue weighted by Gasteiger charge is 2.18. The normalized spacial score (nSPS) is 19.2. The smallest absolute Gasteiger partial charge is 0.277 e. The number of amides is 1. The van der Waals surface area contributed by atoms with E-state index in [2.05, 4.69) is 23.2 Å². The highest BCUT2D eigenvalue weighted by Crippen LogP contribution is 2.26. The third-order valence-corrected chi connectivity index (χ3v) is 4.01. The zero-order valence-corrected chi connectivity index (χ0v) is 14.1. The maximum absolute atomic E-state index is 11.9. The van der Waals surface area contributed by atoms with Crippen LogP contribution in [0.25, 0.3) is 0 Å². The molecule has 1 atom stereocenters. The van der Waals surface area contributed by atoms with Gasteiger partial charge in [-0.1, -0.05) is 35.9 Å². The Bertz CT molecular complexity index is 642. The average Bonchev–Trinajstić information content (AvgIpc) is 2.53. The highest BCUT2D eigenvalue weighted by molar-refractivity contribution is 6.01. The van der Waals surface area contributed by atoms with Crippen LogP contribution in [0.3, 0.4) is 0 Å². The Balaban J connectivity index is 1.87. The summed E-state index contributed by atoms with van der Waals surface area (Å²) in [5.41, 5.74) is 6.90. The Kier molecular flexibility index (Phi) is 5.74. The molecule has 1 aliphatic rings. The molecule has 23 heavy (non-hydrogen) atoms. The van der Waals surface area contributed by atoms with Crippen molar-refractivity contribution in [1.29, 1.82) is 0 Å². The van der Waals surface area contributed by atoms with E-state index in [0.717, 1.165) is 35.3 Å². The quantitative estimate of drug-likeness (QED) is 0.664. The van der Waals surface area contributed by atoms with Crippen molar-refractivity contribution in [3.63, 3.8) is 0 Å². The fraction of sp³-hybridized carbons (Fsp3) is 0.368. The molecule has 0 saturated carbocycles. The molecular formula is C19H24N2O2. The van der Waals surface area contributed by atoms with Crippen LogP contribution in [0.4, 0.5) is 0 Å². The lowest BCUT2D eigenvalue weighted by Crippen LogP contribution is -2.27. The summed E-state index contributed by atoms with van der Waals surface area (Å²) >= 11 is 0. The van der Waals surface area contributed by atoms with Crippen molar-refractivity contribution >= 4 is 11.6 Å². The van der Waals surface area contributed by atoms with Crippen LogP contribution in [0.15, 0.2) is 53.2 Å². The number of benzene rings is 1. The lowest BCUT2D eigenvalue weighted by Gasteiger charge is -2.22. The largest absolute Gasteiger partial charge is 0.484 e. The zero-order chi connectivity index (χ0) is 16.8. The first-order valence-electron chi connectivity index (χ1n) is 7.83. The van der Waals surface area contributed by atoms with E-state index >= 15 is 0 Å². The molecule has 1 aliphatic carbocycles. The number of aryl methyl sites for hydroxylation is 1. The molecule has 0 saturated heterocycles. The maximum atomic E-state index is 11.9. The van der Waals surface area contributed by atoms with Crippen LogP contribution in [0, 0.1) is 12.8 Å². The second-order valence-electron chi connectivity index (χ2n) is 6.07. The van der Waals surface area contributed by atoms with Crippen molar-refractivity contribution in [3.05, 3.63) is 53.6 Å². The van der Waals surface area contributed by atoms with Crippen molar-refractivity contribution in [3.8, 4) is 5.75 Å². The summed E-state index contributed by atoms with van der Waals surface area (Å²) in [4.78, 5) is 11.9. The molecular weight excluding hydrogens is 288 g/mol. The average molecular weight is 312 g/mol. The van der Waals surface area contributed by atoms with E-state index in [1.807, 2.05) is 45.0 Å². The third kappa shape index (κ3) is 5.09. The van der Waals surface area contributed by atoms with Gasteiger partial charge >= 0.3 is 0 Å². The fourth-order valence-electron chi connectivity index (χ4n) is 2.37. The van der Waals surface area contributed by atoms with Gasteiger partial charge in [-0.15, -0.1) is 0 Å². The molecule has 122 valence electrons. The monoisotopic (exact) mass is 312 g/mol. The number of nitrogens with one attached hydrogen (secondary N) is 1. The van der Waals surface area contributed by atoms with Crippen molar-refractivity contribution in [2.45, 2.75) is 33.6 Å². The predicted octanol–water partition coefficient (Wildman–Crippen LogP) is 3.78. The first-order valence-corrected chi connectivity index (χ1v) is 7.83. The summed E-state index contributed by atoms with van der Waals surface area (Å²) in [5, 5.41) is 4.25. The zero-order valence-electron chi connectivity index (χ0n) is 14.1. The molecule has 1 aromatic carbocycles. The van der Waals surface area contributed by atoms with E-state index in [9.17, 15) is 4.79 Å². The van der Waals surface area contributed by atoms with Gasteiger partial charge in [0.1, 0.15) is 5.75 Å². The molecule has 0 aliphatic heterocycles. The lowest BCUT2D eigenvalue weighted by molar-refractivity contribution is -0.123. The molecule has 4 heteroatoms. The third-order valence-electron chi connectivity index (χ3n) is 4.01. The fourth-order valence-corrected chi connectivity index (χ4v) is 2.37. The Morgan fingerprint density at radius 2 is 2.04 bits per heavy atom. The number of rotatable bonds is 5. The Labute approximate surface area is 137 Å². The van der Waals surface area contributed by atoms with Gasteiger partial charge in [0.2, 0.25) is 0 Å². The summed E-state index contributed by atoms with van der Waals surface area (Å²) in [7, 11) is 0. The van der Waals surface area contributed by atoms with Crippen molar-refractivity contribution < 1.29 is 9.53 Å². The minimum Gasteiger partial charge on any atom is -0.484 e. The van der Waals surface area contributed by atoms with Crippen molar-refractivity contribution in [1.82, 2.24) is 5.43 Å². The molecule has 4 nitrogen and oxygen atoms in total. The molecule has 0 heterocycles. The van der Waals surface area contributed by atoms with E-state index in [1.165, 1.54) is 0 Å². The molecule has 0 aromatic heterocycles. The van der Waals surface area contributed by atoms with Gasteiger partial charge in [0, 0.05) is 0 Å². The van der Waals surface area contributed by atoms with E-state index in [4.69, 9.17) is 4.74 Å². The van der Waals surface area contributed by atoms with Crippen LogP contribution in [0.2, 0.25) is 0 Å². The molecule has 0 fully saturated rings. The second kappa shape index (κ2) is 7.77. The predicted molar refractivity (Wildman–Crippen MR) is 93.5 cm³/mol. The van der Waals surface area contributed by atoms with E-state index < -0.39 is 0 Å². The first-order chi connectivity index (χ1) is 11.0. The van der Waals surface area contributed by atoms with E-state index in [-0.39, 0.29) is 12.5 Å². The van der Waals surface area contributed by atoms with Crippen LogP contribution in [0.5, 0.6) is 5.75 Å². The van der Waals surface area contributed by atoms with Gasteiger partial charge in [-0.25, -0.2) is 5.43 Å². The number of nitrogens with zero attached hydrogens (tertiary/aromatic N) is 1. The molecule has 0 radical (unpaired) electrons. The van der Waals surface area contributed by atoms with Crippen LogP contribution in [-0.4, -0.2) is 18.2 Å². The minimum atomic E-state index is -0.261. The Hall–Kier alpha value is -2.36. The topological polar surface area (TPSA) is 50.7 Å². The van der Waals surface area contributed by atoms with Crippen molar-refractivity contribution in [2.75, 3.05) is 6.61 Å². The number of hydrazone groups is 1. The van der Waals surface area contributed by atoms with E-state index in [1.54, 1.807) is 0 Å². The Morgan fingerprint density at radius 3 is 2.70 bits per heavy atom. The number of ether oxygens (including phenoxy) is 1. The van der Waals surface area contributed by atoms with Gasteiger partial charge < -0.3 is 4.74 Å². The molecule has 0 bridgehead atoms. The number of carbonyl (C=O) groups is 1. The molecule has 1 amide bonds. The summed E-state index contributed by atoms with van der Waals surface area (Å²) in [6.45, 7) is 10.0. The van der Waals surface area contributed by atoms with Gasteiger partial charge in [-0.2, -0.15) is 5.10 Å². The number of allylic oxidation sites excluding steroid dienone is 3. The lowest BCUT2D eigenvalue weighted by atomic mass is 9.85. The van der Waals surface area contributed by atoms with Gasteiger partial charge in [-0.05, 0) is 57.2 Å².